The number of hydrogen-bond acceptors (Lipinski definition) is 4. The van der Waals surface area contributed by atoms with E-state index >= 15 is 0 Å². The predicted molar refractivity (Wildman–Crippen MR) is 93.6 cm³/mol. The molecular formula is C15H15ClN4S2. The van der Waals surface area contributed by atoms with Crippen molar-refractivity contribution in [1.29, 1.82) is 0 Å². The molecule has 4 nitrogen and oxygen atoms in total. The highest BCUT2D eigenvalue weighted by Crippen LogP contribution is 2.20. The third-order valence-corrected chi connectivity index (χ3v) is 4.58. The summed E-state index contributed by atoms with van der Waals surface area (Å²) in [5.41, 5.74) is 1.17. The number of thiophene rings is 1. The average Bonchev–Trinajstić information content (AvgIpc) is 3.09. The predicted octanol–water partition coefficient (Wildman–Crippen LogP) is 4.41. The first-order valence-electron chi connectivity index (χ1n) is 6.75. The Morgan fingerprint density at radius 1 is 1.36 bits per heavy atom. The molecule has 2 aromatic heterocycles. The van der Waals surface area contributed by atoms with Crippen molar-refractivity contribution in [2.75, 3.05) is 7.05 Å². The van der Waals surface area contributed by atoms with Gasteiger partial charge >= 0.3 is 0 Å². The Labute approximate surface area is 143 Å². The van der Waals surface area contributed by atoms with Crippen molar-refractivity contribution < 1.29 is 0 Å². The van der Waals surface area contributed by atoms with Gasteiger partial charge in [-0.1, -0.05) is 29.8 Å². The molecule has 0 aliphatic carbocycles. The third kappa shape index (κ3) is 3.64. The highest BCUT2D eigenvalue weighted by molar-refractivity contribution is 7.71. The fraction of sp³-hybridized carbons (Fsp3) is 0.200. The second-order valence-electron chi connectivity index (χ2n) is 5.05. The monoisotopic (exact) mass is 350 g/mol. The number of H-pyrrole nitrogens is 1. The van der Waals surface area contributed by atoms with Crippen LogP contribution in [0.2, 0.25) is 5.02 Å². The largest absolute Gasteiger partial charge is 0.283 e. The maximum Gasteiger partial charge on any atom is 0.217 e. The summed E-state index contributed by atoms with van der Waals surface area (Å²) in [6.07, 6.45) is 0. The van der Waals surface area contributed by atoms with Crippen LogP contribution in [-0.2, 0) is 13.2 Å². The van der Waals surface area contributed by atoms with Crippen molar-refractivity contribution in [2.24, 2.45) is 0 Å². The Morgan fingerprint density at radius 2 is 2.23 bits per heavy atom. The van der Waals surface area contributed by atoms with Gasteiger partial charge in [-0.25, -0.2) is 4.68 Å². The number of aromatic amines is 1. The number of nitrogens with one attached hydrogen (secondary N) is 1. The van der Waals surface area contributed by atoms with Crippen LogP contribution in [0.25, 0.3) is 10.7 Å². The van der Waals surface area contributed by atoms with E-state index in [0.29, 0.717) is 11.4 Å². The minimum absolute atomic E-state index is 0.557. The first-order valence-corrected chi connectivity index (χ1v) is 8.42. The summed E-state index contributed by atoms with van der Waals surface area (Å²) in [5, 5.41) is 6.03. The molecule has 0 bridgehead atoms. The van der Waals surface area contributed by atoms with Gasteiger partial charge in [0.15, 0.2) is 5.82 Å². The topological polar surface area (TPSA) is 36.9 Å². The summed E-state index contributed by atoms with van der Waals surface area (Å²) in [5.74, 6) is 0.816. The quantitative estimate of drug-likeness (QED) is 0.692. The lowest BCUT2D eigenvalue weighted by molar-refractivity contribution is 0.244. The van der Waals surface area contributed by atoms with Gasteiger partial charge in [-0.15, -0.1) is 11.3 Å². The van der Waals surface area contributed by atoms with Gasteiger partial charge in [0.05, 0.1) is 11.5 Å². The van der Waals surface area contributed by atoms with Crippen LogP contribution in [0, 0.1) is 4.77 Å². The van der Waals surface area contributed by atoms with Gasteiger partial charge in [-0.05, 0) is 48.4 Å². The molecule has 0 atom stereocenters. The Kier molecular flexibility index (Phi) is 4.73. The summed E-state index contributed by atoms with van der Waals surface area (Å²) < 4.78 is 2.43. The zero-order chi connectivity index (χ0) is 15.5. The second-order valence-corrected chi connectivity index (χ2v) is 6.79. The van der Waals surface area contributed by atoms with Crippen LogP contribution < -0.4 is 0 Å². The molecule has 7 heteroatoms. The van der Waals surface area contributed by atoms with Crippen LogP contribution >= 0.6 is 35.2 Å². The first-order chi connectivity index (χ1) is 10.6. The highest BCUT2D eigenvalue weighted by Gasteiger charge is 2.08. The minimum atomic E-state index is 0.557. The molecule has 22 heavy (non-hydrogen) atoms. The van der Waals surface area contributed by atoms with E-state index in [-0.39, 0.29) is 0 Å². The van der Waals surface area contributed by atoms with Crippen LogP contribution in [0.4, 0.5) is 0 Å². The van der Waals surface area contributed by atoms with Crippen LogP contribution in [0.15, 0.2) is 41.8 Å². The lowest BCUT2D eigenvalue weighted by atomic mass is 10.2. The fourth-order valence-electron chi connectivity index (χ4n) is 2.21. The summed E-state index contributed by atoms with van der Waals surface area (Å²) in [7, 11) is 2.04. The molecule has 0 saturated carbocycles. The number of halogens is 1. The zero-order valence-electron chi connectivity index (χ0n) is 12.0. The Balaban J connectivity index is 1.72. The molecule has 0 aliphatic heterocycles. The second kappa shape index (κ2) is 6.75. The van der Waals surface area contributed by atoms with Gasteiger partial charge in [0.1, 0.15) is 0 Å². The Bertz CT molecular complexity index is 807. The normalized spacial score (nSPS) is 11.2. The van der Waals surface area contributed by atoms with Crippen molar-refractivity contribution in [3.63, 3.8) is 0 Å². The van der Waals surface area contributed by atoms with Gasteiger partial charge in [0, 0.05) is 11.6 Å². The molecule has 0 aliphatic rings. The van der Waals surface area contributed by atoms with E-state index in [4.69, 9.17) is 23.8 Å². The van der Waals surface area contributed by atoms with Crippen LogP contribution in [0.1, 0.15) is 5.56 Å². The van der Waals surface area contributed by atoms with Crippen molar-refractivity contribution in [3.05, 3.63) is 57.1 Å². The lowest BCUT2D eigenvalue weighted by Gasteiger charge is -2.17. The number of aromatic nitrogens is 3. The Morgan fingerprint density at radius 3 is 2.95 bits per heavy atom. The van der Waals surface area contributed by atoms with E-state index < -0.39 is 0 Å². The van der Waals surface area contributed by atoms with E-state index in [2.05, 4.69) is 21.0 Å². The van der Waals surface area contributed by atoms with E-state index in [9.17, 15) is 0 Å². The lowest BCUT2D eigenvalue weighted by Crippen LogP contribution is -2.22. The van der Waals surface area contributed by atoms with Crippen molar-refractivity contribution in [2.45, 2.75) is 13.2 Å². The molecule has 0 fully saturated rings. The minimum Gasteiger partial charge on any atom is -0.283 e. The van der Waals surface area contributed by atoms with Crippen molar-refractivity contribution >= 4 is 35.2 Å². The van der Waals surface area contributed by atoms with Crippen LogP contribution in [0.3, 0.4) is 0 Å². The van der Waals surface area contributed by atoms with Crippen molar-refractivity contribution in [3.8, 4) is 10.7 Å². The van der Waals surface area contributed by atoms with Gasteiger partial charge in [0.2, 0.25) is 4.77 Å². The molecule has 114 valence electrons. The first kappa shape index (κ1) is 15.4. The van der Waals surface area contributed by atoms with E-state index in [0.717, 1.165) is 22.3 Å². The SMILES string of the molecule is CN(Cc1cccc(Cl)c1)Cn1[nH]c(-c2cccs2)nc1=S. The summed E-state index contributed by atoms with van der Waals surface area (Å²) in [6.45, 7) is 1.43. The van der Waals surface area contributed by atoms with Gasteiger partial charge in [-0.3, -0.25) is 10.00 Å². The average molecular weight is 351 g/mol. The summed E-state index contributed by atoms with van der Waals surface area (Å²) in [6, 6.07) is 11.9. The van der Waals surface area contributed by atoms with Crippen molar-refractivity contribution in [1.82, 2.24) is 19.7 Å². The molecule has 2 heterocycles. The molecule has 1 N–H and O–H groups in total. The molecule has 0 amide bonds. The number of rotatable bonds is 5. The number of nitrogens with zero attached hydrogens (tertiary/aromatic N) is 3. The zero-order valence-corrected chi connectivity index (χ0v) is 14.4. The smallest absolute Gasteiger partial charge is 0.217 e. The highest BCUT2D eigenvalue weighted by atomic mass is 35.5. The third-order valence-electron chi connectivity index (χ3n) is 3.16. The molecule has 1 aromatic carbocycles. The summed E-state index contributed by atoms with van der Waals surface area (Å²) >= 11 is 13.0. The van der Waals surface area contributed by atoms with E-state index in [1.165, 1.54) is 5.56 Å². The number of hydrogen-bond donors (Lipinski definition) is 1. The Hall–Kier alpha value is -1.47. The fourth-order valence-corrected chi connectivity index (χ4v) is 3.29. The maximum atomic E-state index is 6.02. The molecule has 3 rings (SSSR count). The van der Waals surface area contributed by atoms with Crippen LogP contribution in [-0.4, -0.2) is 26.7 Å². The standard InChI is InChI=1S/C15H15ClN4S2/c1-19(9-11-4-2-5-12(16)8-11)10-20-15(21)17-14(18-20)13-6-3-7-22-13/h2-8H,9-10H2,1H3,(H,17,18,21). The number of benzene rings is 1. The molecular weight excluding hydrogens is 336 g/mol. The molecule has 3 aromatic rings. The van der Waals surface area contributed by atoms with Crippen LogP contribution in [0.5, 0.6) is 0 Å². The molecule has 0 unspecified atom stereocenters. The molecule has 0 radical (unpaired) electrons. The van der Waals surface area contributed by atoms with E-state index in [1.54, 1.807) is 11.3 Å². The summed E-state index contributed by atoms with van der Waals surface area (Å²) in [4.78, 5) is 7.65. The molecule has 0 saturated heterocycles. The van der Waals surface area contributed by atoms with Gasteiger partial charge < -0.3 is 0 Å². The van der Waals surface area contributed by atoms with Gasteiger partial charge in [-0.2, -0.15) is 4.98 Å². The molecule has 0 spiro atoms. The van der Waals surface area contributed by atoms with Gasteiger partial charge in [0.25, 0.3) is 0 Å². The van der Waals surface area contributed by atoms with E-state index in [1.807, 2.05) is 47.4 Å². The maximum absolute atomic E-state index is 6.02.